The number of likely N-dealkylation sites (N-methyl/N-ethyl adjacent to an activating group) is 1. The number of pyridine rings is 1. The molecule has 1 unspecified atom stereocenters. The van der Waals surface area contributed by atoms with Gasteiger partial charge in [-0.1, -0.05) is 6.07 Å². The summed E-state index contributed by atoms with van der Waals surface area (Å²) >= 11 is 0. The number of nitrogens with one attached hydrogen (secondary N) is 2. The van der Waals surface area contributed by atoms with Crippen LogP contribution in [0.1, 0.15) is 24.2 Å². The molecule has 0 aliphatic carbocycles. The van der Waals surface area contributed by atoms with Gasteiger partial charge in [0.25, 0.3) is 0 Å². The van der Waals surface area contributed by atoms with Gasteiger partial charge in [0, 0.05) is 38.1 Å². The third-order valence-corrected chi connectivity index (χ3v) is 3.67. The van der Waals surface area contributed by atoms with Crippen LogP contribution in [-0.2, 0) is 13.6 Å². The maximum absolute atomic E-state index is 4.61. The molecule has 0 bridgehead atoms. The second-order valence-corrected chi connectivity index (χ2v) is 5.82. The average Bonchev–Trinajstić information content (AvgIpc) is 2.99. The highest BCUT2D eigenvalue weighted by Gasteiger charge is 2.16. The van der Waals surface area contributed by atoms with Gasteiger partial charge in [0.2, 0.25) is 0 Å². The summed E-state index contributed by atoms with van der Waals surface area (Å²) in [6, 6.07) is 6.08. The Labute approximate surface area is 166 Å². The Hall–Kier alpha value is -1.68. The predicted molar refractivity (Wildman–Crippen MR) is 112 cm³/mol. The summed E-state index contributed by atoms with van der Waals surface area (Å²) in [4.78, 5) is 11.1. The maximum atomic E-state index is 4.61. The van der Waals surface area contributed by atoms with Crippen LogP contribution in [0.5, 0.6) is 0 Å². The van der Waals surface area contributed by atoms with Crippen LogP contribution in [0, 0.1) is 0 Å². The number of aliphatic imine (C=N–C) groups is 1. The number of aryl methyl sites for hydroxylation is 1. The van der Waals surface area contributed by atoms with E-state index in [1.807, 2.05) is 42.3 Å². The molecule has 0 amide bonds. The third-order valence-electron chi connectivity index (χ3n) is 3.67. The maximum Gasteiger partial charge on any atom is 0.191 e. The third kappa shape index (κ3) is 6.99. The van der Waals surface area contributed by atoms with Crippen LogP contribution in [0.25, 0.3) is 0 Å². The van der Waals surface area contributed by atoms with Crippen molar-refractivity contribution in [2.24, 2.45) is 12.0 Å². The smallest absolute Gasteiger partial charge is 0.191 e. The van der Waals surface area contributed by atoms with Gasteiger partial charge in [-0.2, -0.15) is 5.10 Å². The Morgan fingerprint density at radius 1 is 1.32 bits per heavy atom. The molecule has 25 heavy (non-hydrogen) atoms. The lowest BCUT2D eigenvalue weighted by Gasteiger charge is -2.24. The molecule has 2 aromatic heterocycles. The molecule has 0 spiro atoms. The van der Waals surface area contributed by atoms with Gasteiger partial charge < -0.3 is 15.5 Å². The molecule has 0 aliphatic rings. The highest BCUT2D eigenvalue weighted by atomic mass is 127. The minimum atomic E-state index is 0. The van der Waals surface area contributed by atoms with E-state index in [4.69, 9.17) is 0 Å². The fraction of sp³-hybridized carbons (Fsp3) is 0.471. The highest BCUT2D eigenvalue weighted by molar-refractivity contribution is 14.0. The normalized spacial score (nSPS) is 12.6. The second kappa shape index (κ2) is 11.0. The molecule has 1 atom stereocenters. The zero-order valence-corrected chi connectivity index (χ0v) is 17.6. The zero-order chi connectivity index (χ0) is 17.4. The number of hydrogen-bond acceptors (Lipinski definition) is 4. The lowest BCUT2D eigenvalue weighted by molar-refractivity contribution is 0.298. The lowest BCUT2D eigenvalue weighted by Crippen LogP contribution is -2.41. The monoisotopic (exact) mass is 457 g/mol. The van der Waals surface area contributed by atoms with Crippen molar-refractivity contribution in [3.8, 4) is 0 Å². The average molecular weight is 457 g/mol. The molecule has 138 valence electrons. The van der Waals surface area contributed by atoms with E-state index in [0.29, 0.717) is 6.54 Å². The Balaban J connectivity index is 0.00000312. The molecule has 0 saturated heterocycles. The van der Waals surface area contributed by atoms with Gasteiger partial charge in [-0.3, -0.25) is 9.67 Å². The molecular weight excluding hydrogens is 429 g/mol. The van der Waals surface area contributed by atoms with Crippen molar-refractivity contribution in [1.82, 2.24) is 30.3 Å². The molecule has 0 aliphatic heterocycles. The molecule has 2 heterocycles. The molecule has 0 radical (unpaired) electrons. The standard InChI is InChI=1S/C17H27N7.HI/c1-5-18-17(20-11-15-8-6-7-9-19-15)21-12-16(23(2)3)14-10-22-24(4)13-14;/h6-10,13,16H,5,11-12H2,1-4H3,(H2,18,20,21);1H. The summed E-state index contributed by atoms with van der Waals surface area (Å²) in [7, 11) is 6.07. The summed E-state index contributed by atoms with van der Waals surface area (Å²) in [6.07, 6.45) is 5.74. The number of rotatable bonds is 7. The first-order valence-electron chi connectivity index (χ1n) is 8.17. The molecule has 7 nitrogen and oxygen atoms in total. The summed E-state index contributed by atoms with van der Waals surface area (Å²) in [5.74, 6) is 0.791. The minimum Gasteiger partial charge on any atom is -0.357 e. The molecule has 2 aromatic rings. The van der Waals surface area contributed by atoms with Gasteiger partial charge >= 0.3 is 0 Å². The largest absolute Gasteiger partial charge is 0.357 e. The van der Waals surface area contributed by atoms with E-state index >= 15 is 0 Å². The number of hydrogen-bond donors (Lipinski definition) is 2. The summed E-state index contributed by atoms with van der Waals surface area (Å²) in [5, 5.41) is 11.0. The van der Waals surface area contributed by atoms with Crippen molar-refractivity contribution in [3.05, 3.63) is 48.0 Å². The lowest BCUT2D eigenvalue weighted by atomic mass is 10.1. The van der Waals surface area contributed by atoms with E-state index in [0.717, 1.165) is 24.7 Å². The van der Waals surface area contributed by atoms with Crippen LogP contribution in [0.15, 0.2) is 41.8 Å². The van der Waals surface area contributed by atoms with Gasteiger partial charge in [0.15, 0.2) is 5.96 Å². The van der Waals surface area contributed by atoms with Crippen LogP contribution in [0.3, 0.4) is 0 Å². The van der Waals surface area contributed by atoms with E-state index in [9.17, 15) is 0 Å². The summed E-state index contributed by atoms with van der Waals surface area (Å²) in [5.41, 5.74) is 2.13. The Kier molecular flexibility index (Phi) is 9.43. The fourth-order valence-electron chi connectivity index (χ4n) is 2.40. The van der Waals surface area contributed by atoms with Gasteiger partial charge in [0.1, 0.15) is 0 Å². The van der Waals surface area contributed by atoms with Crippen LogP contribution in [0.2, 0.25) is 0 Å². The molecule has 2 N–H and O–H groups in total. The Bertz CT molecular complexity index is 639. The number of nitrogens with zero attached hydrogens (tertiary/aromatic N) is 5. The molecule has 8 heteroatoms. The molecule has 0 fully saturated rings. The fourth-order valence-corrected chi connectivity index (χ4v) is 2.40. The van der Waals surface area contributed by atoms with Gasteiger partial charge in [0.05, 0.1) is 24.5 Å². The van der Waals surface area contributed by atoms with Gasteiger partial charge in [-0.15, -0.1) is 24.0 Å². The second-order valence-electron chi connectivity index (χ2n) is 5.82. The number of aromatic nitrogens is 3. The SMILES string of the molecule is CCNC(=NCc1ccccn1)NCC(c1cnn(C)c1)N(C)C.I. The van der Waals surface area contributed by atoms with E-state index in [1.165, 1.54) is 5.56 Å². The van der Waals surface area contributed by atoms with Crippen molar-refractivity contribution in [2.75, 3.05) is 27.2 Å². The van der Waals surface area contributed by atoms with Crippen molar-refractivity contribution in [1.29, 1.82) is 0 Å². The Morgan fingerprint density at radius 3 is 2.68 bits per heavy atom. The van der Waals surface area contributed by atoms with Crippen molar-refractivity contribution in [2.45, 2.75) is 19.5 Å². The van der Waals surface area contributed by atoms with Crippen LogP contribution in [0.4, 0.5) is 0 Å². The minimum absolute atomic E-state index is 0. The van der Waals surface area contributed by atoms with Crippen LogP contribution < -0.4 is 10.6 Å². The molecule has 2 rings (SSSR count). The number of halogens is 1. The quantitative estimate of drug-likeness (QED) is 0.377. The molecule has 0 aromatic carbocycles. The van der Waals surface area contributed by atoms with Crippen molar-refractivity contribution >= 4 is 29.9 Å². The van der Waals surface area contributed by atoms with E-state index in [2.05, 4.69) is 51.6 Å². The summed E-state index contributed by atoms with van der Waals surface area (Å²) < 4.78 is 1.83. The first-order valence-corrected chi connectivity index (χ1v) is 8.17. The van der Waals surface area contributed by atoms with Gasteiger partial charge in [-0.25, -0.2) is 4.99 Å². The first kappa shape index (κ1) is 21.4. The molecular formula is C17H28IN7. The van der Waals surface area contributed by atoms with Crippen LogP contribution >= 0.6 is 24.0 Å². The van der Waals surface area contributed by atoms with Gasteiger partial charge in [-0.05, 0) is 33.2 Å². The predicted octanol–water partition coefficient (Wildman–Crippen LogP) is 1.79. The highest BCUT2D eigenvalue weighted by Crippen LogP contribution is 2.15. The first-order chi connectivity index (χ1) is 11.6. The van der Waals surface area contributed by atoms with E-state index < -0.39 is 0 Å². The zero-order valence-electron chi connectivity index (χ0n) is 15.3. The Morgan fingerprint density at radius 2 is 2.12 bits per heavy atom. The topological polar surface area (TPSA) is 70.4 Å². The van der Waals surface area contributed by atoms with Crippen molar-refractivity contribution in [3.63, 3.8) is 0 Å². The summed E-state index contributed by atoms with van der Waals surface area (Å²) in [6.45, 7) is 4.17. The molecule has 0 saturated carbocycles. The number of guanidine groups is 1. The van der Waals surface area contributed by atoms with Crippen LogP contribution in [-0.4, -0.2) is 52.8 Å². The van der Waals surface area contributed by atoms with Crippen molar-refractivity contribution < 1.29 is 0 Å². The van der Waals surface area contributed by atoms with E-state index in [-0.39, 0.29) is 30.0 Å². The van der Waals surface area contributed by atoms with E-state index in [1.54, 1.807) is 6.20 Å².